The van der Waals surface area contributed by atoms with Gasteiger partial charge in [-0.25, -0.2) is 19.8 Å². The first-order chi connectivity index (χ1) is 11.1. The molecule has 0 spiro atoms. The van der Waals surface area contributed by atoms with E-state index in [0.717, 1.165) is 0 Å². The summed E-state index contributed by atoms with van der Waals surface area (Å²) in [5.41, 5.74) is -0.181. The minimum Gasteiger partial charge on any atom is -0.442 e. The van der Waals surface area contributed by atoms with Crippen molar-refractivity contribution < 1.29 is 14.3 Å². The van der Waals surface area contributed by atoms with Gasteiger partial charge in [0, 0.05) is 14.1 Å². The maximum absolute atomic E-state index is 12.6. The maximum Gasteiger partial charge on any atom is 0.429 e. The summed E-state index contributed by atoms with van der Waals surface area (Å²) >= 11 is 5.92. The van der Waals surface area contributed by atoms with E-state index >= 15 is 0 Å². The van der Waals surface area contributed by atoms with Crippen molar-refractivity contribution in [3.8, 4) is 0 Å². The van der Waals surface area contributed by atoms with Crippen LogP contribution in [-0.4, -0.2) is 52.7 Å². The number of carbonyl (C=O) groups excluding carboxylic acids is 2. The van der Waals surface area contributed by atoms with Gasteiger partial charge in [-0.05, 0) is 38.8 Å². The molecule has 0 aromatic carbocycles. The normalized spacial score (nSPS) is 17.6. The fourth-order valence-electron chi connectivity index (χ4n) is 2.46. The SMILES string of the molecule is CCC1C(=O)N(C)c2cnc(Cl)nc2N1N(C)C(=O)OC(C)(C)C. The quantitative estimate of drug-likeness (QED) is 0.758. The topological polar surface area (TPSA) is 78.9 Å². The molecule has 2 amide bonds. The molecule has 1 aromatic heterocycles. The summed E-state index contributed by atoms with van der Waals surface area (Å²) in [5, 5.41) is 2.81. The summed E-state index contributed by atoms with van der Waals surface area (Å²) in [6, 6.07) is -0.592. The van der Waals surface area contributed by atoms with Gasteiger partial charge in [-0.15, -0.1) is 0 Å². The highest BCUT2D eigenvalue weighted by atomic mass is 35.5. The van der Waals surface area contributed by atoms with Crippen molar-refractivity contribution in [1.29, 1.82) is 0 Å². The lowest BCUT2D eigenvalue weighted by Gasteiger charge is -2.43. The Morgan fingerprint density at radius 2 is 2.08 bits per heavy atom. The van der Waals surface area contributed by atoms with Gasteiger partial charge in [-0.3, -0.25) is 4.79 Å². The molecule has 0 saturated carbocycles. The lowest BCUT2D eigenvalue weighted by atomic mass is 10.1. The number of hydrogen-bond acceptors (Lipinski definition) is 6. The lowest BCUT2D eigenvalue weighted by Crippen LogP contribution is -2.60. The van der Waals surface area contributed by atoms with E-state index in [0.29, 0.717) is 17.9 Å². The van der Waals surface area contributed by atoms with Crippen molar-refractivity contribution >= 4 is 35.1 Å². The number of halogens is 1. The summed E-state index contributed by atoms with van der Waals surface area (Å²) in [6.07, 6.45) is 1.36. The molecule has 0 N–H and O–H groups in total. The van der Waals surface area contributed by atoms with Crippen LogP contribution in [-0.2, 0) is 9.53 Å². The molecule has 1 atom stereocenters. The van der Waals surface area contributed by atoms with Crippen LogP contribution in [0.25, 0.3) is 0 Å². The minimum absolute atomic E-state index is 0.0361. The van der Waals surface area contributed by atoms with Crippen LogP contribution in [0.15, 0.2) is 6.20 Å². The number of ether oxygens (including phenoxy) is 1. The number of anilines is 2. The van der Waals surface area contributed by atoms with E-state index in [-0.39, 0.29) is 11.2 Å². The van der Waals surface area contributed by atoms with Crippen molar-refractivity contribution in [3.63, 3.8) is 0 Å². The molecular weight excluding hydrogens is 334 g/mol. The summed E-state index contributed by atoms with van der Waals surface area (Å²) in [4.78, 5) is 34.7. The number of fused-ring (bicyclic) bond motifs is 1. The standard InChI is InChI=1S/C15H22ClN5O3/c1-7-9-12(22)19(5)10-8-17-13(16)18-11(10)21(9)20(6)14(23)24-15(2,3)4/h8-9H,7H2,1-6H3. The number of carbonyl (C=O) groups is 2. The molecule has 1 aliphatic rings. The molecule has 1 aliphatic heterocycles. The molecule has 0 bridgehead atoms. The molecule has 1 unspecified atom stereocenters. The average molecular weight is 356 g/mol. The van der Waals surface area contributed by atoms with Crippen LogP contribution >= 0.6 is 11.6 Å². The molecule has 8 nitrogen and oxygen atoms in total. The van der Waals surface area contributed by atoms with Gasteiger partial charge in [-0.1, -0.05) is 6.92 Å². The van der Waals surface area contributed by atoms with E-state index in [4.69, 9.17) is 16.3 Å². The Morgan fingerprint density at radius 1 is 1.46 bits per heavy atom. The van der Waals surface area contributed by atoms with Gasteiger partial charge in [-0.2, -0.15) is 4.98 Å². The third-order valence-corrected chi connectivity index (χ3v) is 3.76. The second-order valence-electron chi connectivity index (χ2n) is 6.52. The third-order valence-electron chi connectivity index (χ3n) is 3.58. The Kier molecular flexibility index (Phi) is 4.89. The number of aromatic nitrogens is 2. The van der Waals surface area contributed by atoms with Crippen molar-refractivity contribution in [2.45, 2.75) is 45.8 Å². The van der Waals surface area contributed by atoms with Crippen molar-refractivity contribution in [2.24, 2.45) is 0 Å². The van der Waals surface area contributed by atoms with Crippen LogP contribution in [0, 0.1) is 0 Å². The van der Waals surface area contributed by atoms with Crippen molar-refractivity contribution in [3.05, 3.63) is 11.5 Å². The van der Waals surface area contributed by atoms with Crippen molar-refractivity contribution in [2.75, 3.05) is 24.0 Å². The van der Waals surface area contributed by atoms with E-state index in [2.05, 4.69) is 9.97 Å². The first kappa shape index (κ1) is 18.3. The van der Waals surface area contributed by atoms with E-state index in [1.165, 1.54) is 28.2 Å². The highest BCUT2D eigenvalue weighted by Gasteiger charge is 2.41. The second kappa shape index (κ2) is 6.43. The van der Waals surface area contributed by atoms with E-state index in [9.17, 15) is 9.59 Å². The van der Waals surface area contributed by atoms with Crippen molar-refractivity contribution in [1.82, 2.24) is 15.0 Å². The molecule has 0 radical (unpaired) electrons. The Labute approximate surface area is 146 Å². The van der Waals surface area contributed by atoms with Gasteiger partial charge in [0.15, 0.2) is 5.82 Å². The number of hydrazine groups is 1. The Morgan fingerprint density at radius 3 is 2.62 bits per heavy atom. The predicted molar refractivity (Wildman–Crippen MR) is 91.0 cm³/mol. The zero-order chi connectivity index (χ0) is 18.2. The lowest BCUT2D eigenvalue weighted by molar-refractivity contribution is -0.120. The van der Waals surface area contributed by atoms with Gasteiger partial charge < -0.3 is 9.64 Å². The first-order valence-electron chi connectivity index (χ1n) is 7.62. The van der Waals surface area contributed by atoms with E-state index in [1.54, 1.807) is 27.8 Å². The molecule has 0 saturated heterocycles. The summed E-state index contributed by atoms with van der Waals surface area (Å²) in [7, 11) is 3.18. The Balaban J connectivity index is 2.49. The highest BCUT2D eigenvalue weighted by Crippen LogP contribution is 2.35. The van der Waals surface area contributed by atoms with Crippen LogP contribution in [0.1, 0.15) is 34.1 Å². The van der Waals surface area contributed by atoms with Gasteiger partial charge in [0.05, 0.1) is 6.20 Å². The predicted octanol–water partition coefficient (Wildman–Crippen LogP) is 2.47. The summed E-state index contributed by atoms with van der Waals surface area (Å²) in [5.74, 6) is 0.226. The number of amides is 2. The number of nitrogens with zero attached hydrogens (tertiary/aromatic N) is 5. The molecule has 24 heavy (non-hydrogen) atoms. The Hall–Kier alpha value is -2.09. The van der Waals surface area contributed by atoms with E-state index in [1.807, 2.05) is 6.92 Å². The number of likely N-dealkylation sites (N-methyl/N-ethyl adjacent to an activating group) is 1. The number of rotatable bonds is 2. The zero-order valence-corrected chi connectivity index (χ0v) is 15.5. The van der Waals surface area contributed by atoms with Gasteiger partial charge in [0.1, 0.15) is 17.3 Å². The molecule has 2 heterocycles. The highest BCUT2D eigenvalue weighted by molar-refractivity contribution is 6.28. The molecular formula is C15H22ClN5O3. The monoisotopic (exact) mass is 355 g/mol. The zero-order valence-electron chi connectivity index (χ0n) is 14.7. The number of hydrogen-bond donors (Lipinski definition) is 0. The molecule has 9 heteroatoms. The van der Waals surface area contributed by atoms with Crippen LogP contribution in [0.5, 0.6) is 0 Å². The van der Waals surface area contributed by atoms with Gasteiger partial charge >= 0.3 is 6.09 Å². The maximum atomic E-state index is 12.6. The third kappa shape index (κ3) is 3.38. The second-order valence-corrected chi connectivity index (χ2v) is 6.86. The summed E-state index contributed by atoms with van der Waals surface area (Å²) in [6.45, 7) is 7.19. The largest absolute Gasteiger partial charge is 0.442 e. The molecule has 2 rings (SSSR count). The summed E-state index contributed by atoms with van der Waals surface area (Å²) < 4.78 is 5.40. The van der Waals surface area contributed by atoms with Crippen LogP contribution < -0.4 is 9.91 Å². The van der Waals surface area contributed by atoms with Crippen LogP contribution in [0.3, 0.4) is 0 Å². The fourth-order valence-corrected chi connectivity index (χ4v) is 2.59. The molecule has 0 aliphatic carbocycles. The fraction of sp³-hybridized carbons (Fsp3) is 0.600. The van der Waals surface area contributed by atoms with Crippen LogP contribution in [0.4, 0.5) is 16.3 Å². The molecule has 132 valence electrons. The molecule has 1 aromatic rings. The Bertz CT molecular complexity index is 661. The van der Waals surface area contributed by atoms with E-state index < -0.39 is 17.7 Å². The van der Waals surface area contributed by atoms with Gasteiger partial charge in [0.25, 0.3) is 5.91 Å². The van der Waals surface area contributed by atoms with Crippen LogP contribution in [0.2, 0.25) is 5.28 Å². The minimum atomic E-state index is -0.657. The average Bonchev–Trinajstić information content (AvgIpc) is 2.48. The molecule has 0 fully saturated rings. The smallest absolute Gasteiger partial charge is 0.429 e. The van der Waals surface area contributed by atoms with Gasteiger partial charge in [0.2, 0.25) is 5.28 Å². The first-order valence-corrected chi connectivity index (χ1v) is 8.00.